The second-order valence-electron chi connectivity index (χ2n) is 4.60. The molecule has 102 valence electrons. The van der Waals surface area contributed by atoms with E-state index in [2.05, 4.69) is 15.0 Å². The summed E-state index contributed by atoms with van der Waals surface area (Å²) in [6.45, 7) is 5.51. The lowest BCUT2D eigenvalue weighted by Crippen LogP contribution is -2.21. The van der Waals surface area contributed by atoms with Gasteiger partial charge in [0.2, 0.25) is 3.79 Å². The minimum atomic E-state index is -1.65. The Bertz CT molecular complexity index is 421. The third-order valence-corrected chi connectivity index (χ3v) is 2.15. The molecule has 0 radical (unpaired) electrons. The molecule has 0 saturated carbocycles. The number of nitrogens with one attached hydrogen (secondary N) is 1. The lowest BCUT2D eigenvalue weighted by atomic mass is 9.94. The molecular weight excluding hydrogens is 302 g/mol. The number of carbonyl (C=O) groups excluding carboxylic acids is 1. The van der Waals surface area contributed by atoms with Crippen LogP contribution in [-0.4, -0.2) is 21.5 Å². The summed E-state index contributed by atoms with van der Waals surface area (Å²) in [6.07, 6.45) is 0.730. The number of aromatic nitrogens is 1. The number of amides is 1. The van der Waals surface area contributed by atoms with Gasteiger partial charge >= 0.3 is 12.1 Å². The van der Waals surface area contributed by atoms with Crippen molar-refractivity contribution in [2.75, 3.05) is 11.9 Å². The number of alkyl halides is 3. The van der Waals surface area contributed by atoms with Crippen LogP contribution in [0.4, 0.5) is 10.8 Å². The van der Waals surface area contributed by atoms with Gasteiger partial charge in [-0.3, -0.25) is 0 Å². The van der Waals surface area contributed by atoms with Crippen molar-refractivity contribution in [2.24, 2.45) is 0 Å². The molecule has 0 aromatic carbocycles. The summed E-state index contributed by atoms with van der Waals surface area (Å²) in [7, 11) is 0. The molecule has 1 aromatic rings. The zero-order valence-corrected chi connectivity index (χ0v) is 12.4. The lowest BCUT2D eigenvalue weighted by molar-refractivity contribution is 0.163. The van der Waals surface area contributed by atoms with Gasteiger partial charge in [-0.1, -0.05) is 55.6 Å². The molecular formula is C10H13Cl3N2O3. The molecule has 0 aliphatic rings. The fourth-order valence-corrected chi connectivity index (χ4v) is 1.11. The second-order valence-corrected chi connectivity index (χ2v) is 7.11. The molecule has 1 amide bonds. The van der Waals surface area contributed by atoms with Crippen molar-refractivity contribution in [3.05, 3.63) is 12.0 Å². The summed E-state index contributed by atoms with van der Waals surface area (Å²) in [5.41, 5.74) is -0.200. The molecule has 0 fully saturated rings. The first-order chi connectivity index (χ1) is 8.08. The van der Waals surface area contributed by atoms with E-state index in [9.17, 15) is 4.79 Å². The molecule has 0 saturated heterocycles. The molecule has 1 rings (SSSR count). The molecule has 0 atom stereocenters. The number of hydrogen-bond donors (Lipinski definition) is 1. The monoisotopic (exact) mass is 314 g/mol. The standard InChI is InChI=1S/C10H13Cl3N2O3/c1-9(2,3)6-4-14-7(18-6)15-8(16)17-5-10(11,12)13/h4H,5H2,1-3H3,(H,14,15,16). The first-order valence-corrected chi connectivity index (χ1v) is 6.18. The van der Waals surface area contributed by atoms with Gasteiger partial charge in [0.25, 0.3) is 0 Å². The van der Waals surface area contributed by atoms with Crippen molar-refractivity contribution in [1.82, 2.24) is 4.98 Å². The van der Waals surface area contributed by atoms with E-state index in [1.54, 1.807) is 0 Å². The maximum Gasteiger partial charge on any atom is 0.415 e. The van der Waals surface area contributed by atoms with Gasteiger partial charge in [0.1, 0.15) is 12.4 Å². The Balaban J connectivity index is 2.53. The summed E-state index contributed by atoms with van der Waals surface area (Å²) in [5.74, 6) is 0.638. The Labute approximate surface area is 120 Å². The second kappa shape index (κ2) is 5.55. The average Bonchev–Trinajstić information content (AvgIpc) is 2.61. The van der Waals surface area contributed by atoms with Crippen molar-refractivity contribution in [3.8, 4) is 0 Å². The van der Waals surface area contributed by atoms with Crippen LogP contribution in [0.25, 0.3) is 0 Å². The average molecular weight is 316 g/mol. The number of rotatable bonds is 2. The van der Waals surface area contributed by atoms with Crippen LogP contribution in [0.3, 0.4) is 0 Å². The van der Waals surface area contributed by atoms with Crippen LogP contribution in [-0.2, 0) is 10.2 Å². The van der Waals surface area contributed by atoms with Crippen LogP contribution >= 0.6 is 34.8 Å². The van der Waals surface area contributed by atoms with Gasteiger partial charge in [0, 0.05) is 5.41 Å². The number of halogens is 3. The van der Waals surface area contributed by atoms with Crippen molar-refractivity contribution in [3.63, 3.8) is 0 Å². The van der Waals surface area contributed by atoms with Crippen molar-refractivity contribution >= 4 is 46.9 Å². The van der Waals surface area contributed by atoms with Crippen molar-refractivity contribution in [2.45, 2.75) is 30.0 Å². The zero-order chi connectivity index (χ0) is 14.0. The lowest BCUT2D eigenvalue weighted by Gasteiger charge is -2.13. The molecule has 1 aromatic heterocycles. The number of oxazole rings is 1. The van der Waals surface area contributed by atoms with Crippen LogP contribution in [0.15, 0.2) is 10.6 Å². The highest BCUT2D eigenvalue weighted by molar-refractivity contribution is 6.67. The Morgan fingerprint density at radius 3 is 2.50 bits per heavy atom. The maximum atomic E-state index is 11.3. The Hall–Kier alpha value is -0.650. The van der Waals surface area contributed by atoms with Crippen molar-refractivity contribution < 1.29 is 13.9 Å². The van der Waals surface area contributed by atoms with Gasteiger partial charge in [-0.2, -0.15) is 0 Å². The highest BCUT2D eigenvalue weighted by Gasteiger charge is 2.23. The Morgan fingerprint density at radius 2 is 2.06 bits per heavy atom. The topological polar surface area (TPSA) is 64.4 Å². The summed E-state index contributed by atoms with van der Waals surface area (Å²) in [6, 6.07) is 0.0363. The summed E-state index contributed by atoms with van der Waals surface area (Å²) in [5, 5.41) is 2.29. The predicted octanol–water partition coefficient (Wildman–Crippen LogP) is 3.89. The SMILES string of the molecule is CC(C)(C)c1cnc(NC(=O)OCC(Cl)(Cl)Cl)o1. The number of anilines is 1. The van der Waals surface area contributed by atoms with Gasteiger partial charge in [0.15, 0.2) is 0 Å². The van der Waals surface area contributed by atoms with Crippen LogP contribution in [0.1, 0.15) is 26.5 Å². The summed E-state index contributed by atoms with van der Waals surface area (Å²) in [4.78, 5) is 15.2. The predicted molar refractivity (Wildman–Crippen MR) is 70.5 cm³/mol. The van der Waals surface area contributed by atoms with Gasteiger partial charge in [0.05, 0.1) is 6.20 Å². The molecule has 1 N–H and O–H groups in total. The zero-order valence-electron chi connectivity index (χ0n) is 10.1. The van der Waals surface area contributed by atoms with E-state index < -0.39 is 9.89 Å². The van der Waals surface area contributed by atoms with Crippen LogP contribution in [0, 0.1) is 0 Å². The number of carbonyl (C=O) groups is 1. The smallest absolute Gasteiger partial charge is 0.415 e. The van der Waals surface area contributed by atoms with Crippen LogP contribution in [0.5, 0.6) is 0 Å². The van der Waals surface area contributed by atoms with Gasteiger partial charge in [-0.25, -0.2) is 15.1 Å². The molecule has 18 heavy (non-hydrogen) atoms. The number of ether oxygens (including phenoxy) is 1. The largest absolute Gasteiger partial charge is 0.445 e. The van der Waals surface area contributed by atoms with E-state index in [-0.39, 0.29) is 18.0 Å². The molecule has 0 spiro atoms. The summed E-state index contributed by atoms with van der Waals surface area (Å²) >= 11 is 16.3. The Morgan fingerprint density at radius 1 is 1.44 bits per heavy atom. The molecule has 5 nitrogen and oxygen atoms in total. The van der Waals surface area contributed by atoms with Gasteiger partial charge in [-0.15, -0.1) is 0 Å². The normalized spacial score (nSPS) is 12.3. The van der Waals surface area contributed by atoms with Crippen LogP contribution < -0.4 is 5.32 Å². The van der Waals surface area contributed by atoms with E-state index in [1.165, 1.54) is 6.20 Å². The fraction of sp³-hybridized carbons (Fsp3) is 0.600. The molecule has 0 aliphatic carbocycles. The third-order valence-electron chi connectivity index (χ3n) is 1.82. The highest BCUT2D eigenvalue weighted by Crippen LogP contribution is 2.26. The maximum absolute atomic E-state index is 11.3. The Kier molecular flexibility index (Phi) is 4.75. The molecule has 1 heterocycles. The quantitative estimate of drug-likeness (QED) is 0.841. The molecule has 8 heteroatoms. The van der Waals surface area contributed by atoms with E-state index in [1.807, 2.05) is 20.8 Å². The van der Waals surface area contributed by atoms with E-state index in [0.29, 0.717) is 5.76 Å². The molecule has 0 bridgehead atoms. The highest BCUT2D eigenvalue weighted by atomic mass is 35.6. The van der Waals surface area contributed by atoms with Gasteiger partial charge in [-0.05, 0) is 0 Å². The first-order valence-electron chi connectivity index (χ1n) is 5.05. The third kappa shape index (κ3) is 5.33. The van der Waals surface area contributed by atoms with E-state index in [0.717, 1.165) is 0 Å². The number of nitrogens with zero attached hydrogens (tertiary/aromatic N) is 1. The number of hydrogen-bond acceptors (Lipinski definition) is 4. The summed E-state index contributed by atoms with van der Waals surface area (Å²) < 4.78 is 8.34. The molecule has 0 unspecified atom stereocenters. The van der Waals surface area contributed by atoms with Crippen LogP contribution in [0.2, 0.25) is 0 Å². The first kappa shape index (κ1) is 15.4. The fourth-order valence-electron chi connectivity index (χ4n) is 0.949. The minimum Gasteiger partial charge on any atom is -0.445 e. The minimum absolute atomic E-state index is 0.0363. The van der Waals surface area contributed by atoms with E-state index in [4.69, 9.17) is 39.2 Å². The molecule has 0 aliphatic heterocycles. The van der Waals surface area contributed by atoms with E-state index >= 15 is 0 Å². The van der Waals surface area contributed by atoms with Gasteiger partial charge < -0.3 is 9.15 Å². The van der Waals surface area contributed by atoms with Crippen molar-refractivity contribution in [1.29, 1.82) is 0 Å².